The highest BCUT2D eigenvalue weighted by Crippen LogP contribution is 2.29. The molecule has 172 valence electrons. The molecule has 1 aliphatic rings. The van der Waals surface area contributed by atoms with Gasteiger partial charge in [0.1, 0.15) is 6.33 Å². The average Bonchev–Trinajstić information content (AvgIpc) is 3.44. The van der Waals surface area contributed by atoms with Crippen molar-refractivity contribution in [3.63, 3.8) is 0 Å². The summed E-state index contributed by atoms with van der Waals surface area (Å²) in [6, 6.07) is 24.2. The SMILES string of the molecule is CN(CC1COCCO1)C(=O)c1cc(-c2cccc(-c3ccccc3)c2)cc(-n2cnnn2)c1. The van der Waals surface area contributed by atoms with Crippen molar-refractivity contribution in [2.75, 3.05) is 33.4 Å². The first kappa shape index (κ1) is 21.9. The van der Waals surface area contributed by atoms with E-state index >= 15 is 0 Å². The van der Waals surface area contributed by atoms with Gasteiger partial charge in [0, 0.05) is 19.2 Å². The Bertz CT molecular complexity index is 1250. The standard InChI is InChI=1S/C26H25N5O3/c1-30(16-25-17-33-10-11-34-25)26(32)23-13-22(14-24(15-23)31-18-27-28-29-31)21-9-5-8-20(12-21)19-6-3-2-4-7-19/h2-9,12-15,18,25H,10-11,16-17H2,1H3. The summed E-state index contributed by atoms with van der Waals surface area (Å²) >= 11 is 0. The smallest absolute Gasteiger partial charge is 0.253 e. The highest BCUT2D eigenvalue weighted by atomic mass is 16.6. The van der Waals surface area contributed by atoms with Gasteiger partial charge in [0.25, 0.3) is 5.91 Å². The van der Waals surface area contributed by atoms with Crippen molar-refractivity contribution >= 4 is 5.91 Å². The number of aromatic nitrogens is 4. The molecular formula is C26H25N5O3. The van der Waals surface area contributed by atoms with E-state index in [9.17, 15) is 4.79 Å². The summed E-state index contributed by atoms with van der Waals surface area (Å²) in [5.41, 5.74) is 5.39. The molecule has 0 radical (unpaired) electrons. The molecule has 0 spiro atoms. The summed E-state index contributed by atoms with van der Waals surface area (Å²) in [5, 5.41) is 11.5. The van der Waals surface area contributed by atoms with Crippen LogP contribution in [0.3, 0.4) is 0 Å². The zero-order valence-electron chi connectivity index (χ0n) is 18.9. The third-order valence-corrected chi connectivity index (χ3v) is 5.79. The summed E-state index contributed by atoms with van der Waals surface area (Å²) < 4.78 is 12.7. The quantitative estimate of drug-likeness (QED) is 0.443. The van der Waals surface area contributed by atoms with Gasteiger partial charge in [0.05, 0.1) is 31.6 Å². The summed E-state index contributed by atoms with van der Waals surface area (Å²) in [7, 11) is 1.78. The number of rotatable bonds is 6. The van der Waals surface area contributed by atoms with Crippen molar-refractivity contribution in [2.45, 2.75) is 6.10 Å². The van der Waals surface area contributed by atoms with Gasteiger partial charge in [-0.25, -0.2) is 4.68 Å². The second-order valence-electron chi connectivity index (χ2n) is 8.22. The van der Waals surface area contributed by atoms with Crippen molar-refractivity contribution in [2.24, 2.45) is 0 Å². The van der Waals surface area contributed by atoms with E-state index < -0.39 is 0 Å². The van der Waals surface area contributed by atoms with Crippen molar-refractivity contribution in [1.82, 2.24) is 25.1 Å². The maximum atomic E-state index is 13.4. The van der Waals surface area contributed by atoms with Crippen LogP contribution in [0.15, 0.2) is 79.1 Å². The second kappa shape index (κ2) is 9.94. The number of hydrogen-bond donors (Lipinski definition) is 0. The fourth-order valence-electron chi connectivity index (χ4n) is 4.07. The van der Waals surface area contributed by atoms with Crippen LogP contribution in [-0.2, 0) is 9.47 Å². The summed E-state index contributed by atoms with van der Waals surface area (Å²) in [6.45, 7) is 2.07. The fourth-order valence-corrected chi connectivity index (χ4v) is 4.07. The lowest BCUT2D eigenvalue weighted by Gasteiger charge is -2.27. The number of ether oxygens (including phenoxy) is 2. The second-order valence-corrected chi connectivity index (χ2v) is 8.22. The normalized spacial score (nSPS) is 15.7. The van der Waals surface area contributed by atoms with Crippen LogP contribution in [0.4, 0.5) is 0 Å². The Kier molecular flexibility index (Phi) is 6.42. The van der Waals surface area contributed by atoms with Gasteiger partial charge in [-0.2, -0.15) is 0 Å². The Labute approximate surface area is 197 Å². The molecule has 1 fully saturated rings. The number of amides is 1. The zero-order chi connectivity index (χ0) is 23.3. The van der Waals surface area contributed by atoms with E-state index in [0.717, 1.165) is 22.3 Å². The van der Waals surface area contributed by atoms with E-state index in [-0.39, 0.29) is 12.0 Å². The molecule has 5 rings (SSSR count). The van der Waals surface area contributed by atoms with Crippen LogP contribution >= 0.6 is 0 Å². The number of hydrogen-bond acceptors (Lipinski definition) is 6. The minimum atomic E-state index is -0.132. The molecule has 1 saturated heterocycles. The van der Waals surface area contributed by atoms with Crippen LogP contribution in [-0.4, -0.2) is 70.5 Å². The minimum Gasteiger partial charge on any atom is -0.376 e. The molecule has 4 aromatic rings. The van der Waals surface area contributed by atoms with E-state index in [4.69, 9.17) is 9.47 Å². The predicted molar refractivity (Wildman–Crippen MR) is 128 cm³/mol. The van der Waals surface area contributed by atoms with E-state index in [1.807, 2.05) is 42.5 Å². The fraction of sp³-hybridized carbons (Fsp3) is 0.231. The van der Waals surface area contributed by atoms with Crippen molar-refractivity contribution in [3.8, 4) is 27.9 Å². The minimum absolute atomic E-state index is 0.107. The third-order valence-electron chi connectivity index (χ3n) is 5.79. The lowest BCUT2D eigenvalue weighted by Crippen LogP contribution is -2.40. The highest BCUT2D eigenvalue weighted by molar-refractivity contribution is 5.96. The molecule has 8 nitrogen and oxygen atoms in total. The molecule has 1 atom stereocenters. The number of carbonyl (C=O) groups excluding carboxylic acids is 1. The van der Waals surface area contributed by atoms with Gasteiger partial charge < -0.3 is 14.4 Å². The van der Waals surface area contributed by atoms with Gasteiger partial charge in [-0.3, -0.25) is 4.79 Å². The highest BCUT2D eigenvalue weighted by Gasteiger charge is 2.21. The van der Waals surface area contributed by atoms with Gasteiger partial charge >= 0.3 is 0 Å². The first-order valence-electron chi connectivity index (χ1n) is 11.2. The van der Waals surface area contributed by atoms with E-state index in [1.165, 1.54) is 6.33 Å². The molecule has 3 aromatic carbocycles. The molecule has 0 N–H and O–H groups in total. The Morgan fingerprint density at radius 3 is 2.50 bits per heavy atom. The molecule has 0 aliphatic carbocycles. The largest absolute Gasteiger partial charge is 0.376 e. The zero-order valence-corrected chi connectivity index (χ0v) is 18.9. The third kappa shape index (κ3) is 4.88. The maximum absolute atomic E-state index is 13.4. The number of nitrogens with zero attached hydrogens (tertiary/aromatic N) is 5. The molecule has 1 aromatic heterocycles. The molecule has 0 saturated carbocycles. The average molecular weight is 456 g/mol. The Balaban J connectivity index is 1.50. The topological polar surface area (TPSA) is 82.4 Å². The van der Waals surface area contributed by atoms with Gasteiger partial charge in [-0.1, -0.05) is 48.5 Å². The van der Waals surface area contributed by atoms with Crippen molar-refractivity contribution < 1.29 is 14.3 Å². The van der Waals surface area contributed by atoms with E-state index in [1.54, 1.807) is 22.7 Å². The molecule has 8 heteroatoms. The predicted octanol–water partition coefficient (Wildman–Crippen LogP) is 3.48. The van der Waals surface area contributed by atoms with Crippen LogP contribution in [0.1, 0.15) is 10.4 Å². The van der Waals surface area contributed by atoms with Gasteiger partial charge in [-0.15, -0.1) is 5.10 Å². The van der Waals surface area contributed by atoms with Crippen LogP contribution in [0.2, 0.25) is 0 Å². The maximum Gasteiger partial charge on any atom is 0.253 e. The van der Waals surface area contributed by atoms with Crippen molar-refractivity contribution in [3.05, 3.63) is 84.7 Å². The van der Waals surface area contributed by atoms with Crippen LogP contribution < -0.4 is 0 Å². The Morgan fingerprint density at radius 1 is 0.971 bits per heavy atom. The number of carbonyl (C=O) groups is 1. The van der Waals surface area contributed by atoms with Gasteiger partial charge in [0.15, 0.2) is 0 Å². The lowest BCUT2D eigenvalue weighted by molar-refractivity contribution is -0.0933. The number of likely N-dealkylation sites (N-methyl/N-ethyl adjacent to an activating group) is 1. The van der Waals surface area contributed by atoms with Crippen LogP contribution in [0.25, 0.3) is 27.9 Å². The summed E-state index contributed by atoms with van der Waals surface area (Å²) in [5.74, 6) is -0.107. The molecule has 2 heterocycles. The number of benzene rings is 3. The van der Waals surface area contributed by atoms with E-state index in [2.05, 4.69) is 39.8 Å². The first-order valence-corrected chi connectivity index (χ1v) is 11.2. The monoisotopic (exact) mass is 455 g/mol. The molecule has 1 aliphatic heterocycles. The van der Waals surface area contributed by atoms with Crippen LogP contribution in [0, 0.1) is 0 Å². The molecule has 1 amide bonds. The van der Waals surface area contributed by atoms with Gasteiger partial charge in [-0.05, 0) is 56.9 Å². The van der Waals surface area contributed by atoms with Crippen molar-refractivity contribution in [1.29, 1.82) is 0 Å². The molecule has 0 bridgehead atoms. The number of tetrazole rings is 1. The van der Waals surface area contributed by atoms with Crippen LogP contribution in [0.5, 0.6) is 0 Å². The van der Waals surface area contributed by atoms with E-state index in [0.29, 0.717) is 37.6 Å². The molecular weight excluding hydrogens is 430 g/mol. The first-order chi connectivity index (χ1) is 16.7. The Morgan fingerprint density at radius 2 is 1.76 bits per heavy atom. The molecule has 34 heavy (non-hydrogen) atoms. The van der Waals surface area contributed by atoms with Gasteiger partial charge in [0.2, 0.25) is 0 Å². The summed E-state index contributed by atoms with van der Waals surface area (Å²) in [6.07, 6.45) is 1.39. The lowest BCUT2D eigenvalue weighted by atomic mass is 9.97. The summed E-state index contributed by atoms with van der Waals surface area (Å²) in [4.78, 5) is 15.0. The Hall–Kier alpha value is -3.88. The molecule has 1 unspecified atom stereocenters.